The van der Waals surface area contributed by atoms with Gasteiger partial charge in [0.15, 0.2) is 0 Å². The molecular formula is C29H34FN3O4S. The molecule has 0 aromatic heterocycles. The normalized spacial score (nSPS) is 12.5. The summed E-state index contributed by atoms with van der Waals surface area (Å²) in [6.45, 7) is 8.57. The van der Waals surface area contributed by atoms with Crippen molar-refractivity contribution in [1.29, 1.82) is 0 Å². The van der Waals surface area contributed by atoms with Crippen LogP contribution in [0.15, 0.2) is 83.8 Å². The number of hydrogen-bond acceptors (Lipinski definition) is 4. The zero-order valence-corrected chi connectivity index (χ0v) is 23.1. The van der Waals surface area contributed by atoms with Crippen LogP contribution in [0.25, 0.3) is 0 Å². The van der Waals surface area contributed by atoms with Crippen molar-refractivity contribution in [2.24, 2.45) is 0 Å². The Morgan fingerprint density at radius 3 is 2.05 bits per heavy atom. The highest BCUT2D eigenvalue weighted by molar-refractivity contribution is 7.92. The number of aryl methyl sites for hydroxylation is 1. The molecule has 0 fully saturated rings. The Balaban J connectivity index is 2.02. The molecule has 9 heteroatoms. The third-order valence-electron chi connectivity index (χ3n) is 5.86. The van der Waals surface area contributed by atoms with Crippen LogP contribution >= 0.6 is 0 Å². The van der Waals surface area contributed by atoms with E-state index in [1.54, 1.807) is 31.2 Å². The van der Waals surface area contributed by atoms with Crippen LogP contribution in [0, 0.1) is 12.7 Å². The summed E-state index contributed by atoms with van der Waals surface area (Å²) in [7, 11) is -4.24. The minimum absolute atomic E-state index is 0.108. The topological polar surface area (TPSA) is 86.8 Å². The molecule has 0 saturated carbocycles. The fraction of sp³-hybridized carbons (Fsp3) is 0.310. The van der Waals surface area contributed by atoms with E-state index in [1.165, 1.54) is 4.90 Å². The van der Waals surface area contributed by atoms with E-state index in [2.05, 4.69) is 5.32 Å². The number of nitrogens with one attached hydrogen (secondary N) is 1. The van der Waals surface area contributed by atoms with Crippen molar-refractivity contribution in [1.82, 2.24) is 10.2 Å². The van der Waals surface area contributed by atoms with Crippen molar-refractivity contribution >= 4 is 27.5 Å². The van der Waals surface area contributed by atoms with E-state index >= 15 is 0 Å². The molecule has 0 saturated heterocycles. The summed E-state index contributed by atoms with van der Waals surface area (Å²) in [5.41, 5.74) is 1.46. The molecule has 3 aromatic rings. The molecule has 0 aliphatic carbocycles. The second-order valence-electron chi connectivity index (χ2n) is 10.2. The van der Waals surface area contributed by atoms with Gasteiger partial charge in [-0.15, -0.1) is 0 Å². The van der Waals surface area contributed by atoms with Gasteiger partial charge in [-0.05, 0) is 76.6 Å². The van der Waals surface area contributed by atoms with Gasteiger partial charge in [0.25, 0.3) is 10.0 Å². The van der Waals surface area contributed by atoms with Crippen LogP contribution in [0.4, 0.5) is 10.1 Å². The van der Waals surface area contributed by atoms with Gasteiger partial charge >= 0.3 is 0 Å². The first kappa shape index (κ1) is 28.8. The van der Waals surface area contributed by atoms with Crippen molar-refractivity contribution in [3.63, 3.8) is 0 Å². The summed E-state index contributed by atoms with van der Waals surface area (Å²) in [6, 6.07) is 19.5. The number of nitrogens with zero attached hydrogens (tertiary/aromatic N) is 2. The molecule has 0 aliphatic heterocycles. The molecule has 0 spiro atoms. The first-order chi connectivity index (χ1) is 17.8. The Morgan fingerprint density at radius 1 is 0.921 bits per heavy atom. The molecule has 0 heterocycles. The molecule has 3 rings (SSSR count). The van der Waals surface area contributed by atoms with Crippen LogP contribution in [0.2, 0.25) is 0 Å². The lowest BCUT2D eigenvalue weighted by atomic mass is 10.1. The highest BCUT2D eigenvalue weighted by atomic mass is 32.2. The maximum Gasteiger partial charge on any atom is 0.264 e. The van der Waals surface area contributed by atoms with Crippen LogP contribution in [0.5, 0.6) is 0 Å². The number of rotatable bonds is 9. The van der Waals surface area contributed by atoms with Gasteiger partial charge in [-0.25, -0.2) is 12.8 Å². The Bertz CT molecular complexity index is 1350. The zero-order valence-electron chi connectivity index (χ0n) is 22.3. The maximum absolute atomic E-state index is 13.8. The first-order valence-corrected chi connectivity index (χ1v) is 13.7. The van der Waals surface area contributed by atoms with E-state index in [0.29, 0.717) is 0 Å². The fourth-order valence-corrected chi connectivity index (χ4v) is 5.22. The monoisotopic (exact) mass is 539 g/mol. The lowest BCUT2D eigenvalue weighted by Crippen LogP contribution is -2.54. The molecule has 0 bridgehead atoms. The number of amides is 2. The van der Waals surface area contributed by atoms with E-state index in [1.807, 2.05) is 58.0 Å². The van der Waals surface area contributed by atoms with Gasteiger partial charge in [0.2, 0.25) is 11.8 Å². The Morgan fingerprint density at radius 2 is 1.50 bits per heavy atom. The summed E-state index contributed by atoms with van der Waals surface area (Å²) in [5.74, 6) is -1.49. The van der Waals surface area contributed by atoms with Crippen LogP contribution in [0.1, 0.15) is 38.8 Å². The smallest absolute Gasteiger partial charge is 0.264 e. The second kappa shape index (κ2) is 11.8. The average molecular weight is 540 g/mol. The van der Waals surface area contributed by atoms with Crippen molar-refractivity contribution in [3.8, 4) is 0 Å². The molecule has 0 aliphatic rings. The van der Waals surface area contributed by atoms with Gasteiger partial charge in [-0.2, -0.15) is 0 Å². The Kier molecular flexibility index (Phi) is 8.93. The van der Waals surface area contributed by atoms with Crippen LogP contribution < -0.4 is 9.62 Å². The minimum atomic E-state index is -4.24. The van der Waals surface area contributed by atoms with E-state index in [4.69, 9.17) is 0 Å². The number of halogens is 1. The third kappa shape index (κ3) is 7.41. The van der Waals surface area contributed by atoms with Gasteiger partial charge in [-0.1, -0.05) is 48.0 Å². The SMILES string of the molecule is Cc1ccc(N(CC(=O)N(Cc2ccccc2)C(C)C(=O)NC(C)(C)C)S(=O)(=O)c2ccc(F)cc2)cc1. The number of anilines is 1. The number of carbonyl (C=O) groups is 2. The maximum atomic E-state index is 13.8. The second-order valence-corrected chi connectivity index (χ2v) is 12.1. The summed E-state index contributed by atoms with van der Waals surface area (Å²) >= 11 is 0. The molecule has 2 amide bonds. The molecule has 0 radical (unpaired) electrons. The number of hydrogen-bond donors (Lipinski definition) is 1. The lowest BCUT2D eigenvalue weighted by Gasteiger charge is -2.33. The molecular weight excluding hydrogens is 505 g/mol. The zero-order chi connectivity index (χ0) is 28.1. The molecule has 3 aromatic carbocycles. The summed E-state index contributed by atoms with van der Waals surface area (Å²) in [4.78, 5) is 28.1. The number of carbonyl (C=O) groups excluding carboxylic acids is 2. The standard InChI is InChI=1S/C29H34FN3O4S/c1-21-11-15-25(16-12-21)33(38(36,37)26-17-13-24(30)14-18-26)20-27(34)32(19-23-9-7-6-8-10-23)22(2)28(35)31-29(3,4)5/h6-18,22H,19-20H2,1-5H3,(H,31,35). The first-order valence-electron chi connectivity index (χ1n) is 12.3. The van der Waals surface area contributed by atoms with Gasteiger partial charge in [0.05, 0.1) is 10.6 Å². The molecule has 202 valence electrons. The summed E-state index contributed by atoms with van der Waals surface area (Å²) < 4.78 is 41.9. The average Bonchev–Trinajstić information content (AvgIpc) is 2.85. The Hall–Kier alpha value is -3.72. The van der Waals surface area contributed by atoms with Gasteiger partial charge < -0.3 is 10.2 Å². The highest BCUT2D eigenvalue weighted by Gasteiger charge is 2.33. The molecule has 1 unspecified atom stereocenters. The highest BCUT2D eigenvalue weighted by Crippen LogP contribution is 2.25. The van der Waals surface area contributed by atoms with Crippen molar-refractivity contribution in [3.05, 3.63) is 95.8 Å². The van der Waals surface area contributed by atoms with Gasteiger partial charge in [0.1, 0.15) is 18.4 Å². The van der Waals surface area contributed by atoms with Crippen molar-refractivity contribution < 1.29 is 22.4 Å². The molecule has 1 N–H and O–H groups in total. The van der Waals surface area contributed by atoms with E-state index in [0.717, 1.165) is 39.7 Å². The van der Waals surface area contributed by atoms with Gasteiger partial charge in [0, 0.05) is 12.1 Å². The molecule has 7 nitrogen and oxygen atoms in total. The number of benzene rings is 3. The van der Waals surface area contributed by atoms with E-state index < -0.39 is 39.9 Å². The summed E-state index contributed by atoms with van der Waals surface area (Å²) in [6.07, 6.45) is 0. The van der Waals surface area contributed by atoms with Crippen LogP contribution in [-0.4, -0.2) is 43.3 Å². The fourth-order valence-electron chi connectivity index (χ4n) is 3.81. The van der Waals surface area contributed by atoms with E-state index in [9.17, 15) is 22.4 Å². The van der Waals surface area contributed by atoms with Crippen molar-refractivity contribution in [2.45, 2.75) is 57.6 Å². The van der Waals surface area contributed by atoms with Crippen molar-refractivity contribution in [2.75, 3.05) is 10.8 Å². The largest absolute Gasteiger partial charge is 0.350 e. The van der Waals surface area contributed by atoms with Crippen LogP contribution in [-0.2, 0) is 26.2 Å². The number of sulfonamides is 1. The van der Waals surface area contributed by atoms with Gasteiger partial charge in [-0.3, -0.25) is 13.9 Å². The molecule has 1 atom stereocenters. The third-order valence-corrected chi connectivity index (χ3v) is 7.65. The summed E-state index contributed by atoms with van der Waals surface area (Å²) in [5, 5.41) is 2.89. The molecule has 38 heavy (non-hydrogen) atoms. The predicted molar refractivity (Wildman–Crippen MR) is 146 cm³/mol. The minimum Gasteiger partial charge on any atom is -0.350 e. The Labute approximate surface area is 224 Å². The van der Waals surface area contributed by atoms with E-state index in [-0.39, 0.29) is 23.0 Å². The van der Waals surface area contributed by atoms with Crippen LogP contribution in [0.3, 0.4) is 0 Å². The predicted octanol–water partition coefficient (Wildman–Crippen LogP) is 4.66. The quantitative estimate of drug-likeness (QED) is 0.429. The lowest BCUT2D eigenvalue weighted by molar-refractivity contribution is -0.140.